The zero-order chi connectivity index (χ0) is 17.4. The molecule has 132 valence electrons. The minimum Gasteiger partial charge on any atom is -0.372 e. The van der Waals surface area contributed by atoms with E-state index in [2.05, 4.69) is 20.4 Å². The van der Waals surface area contributed by atoms with Gasteiger partial charge in [0.15, 0.2) is 0 Å². The summed E-state index contributed by atoms with van der Waals surface area (Å²) in [5.74, 6) is 1.30. The fourth-order valence-electron chi connectivity index (χ4n) is 3.48. The van der Waals surface area contributed by atoms with Crippen molar-refractivity contribution in [1.29, 1.82) is 0 Å². The zero-order valence-electron chi connectivity index (χ0n) is 14.6. The first-order valence-electron chi connectivity index (χ1n) is 8.84. The molecule has 1 saturated carbocycles. The van der Waals surface area contributed by atoms with E-state index in [0.717, 1.165) is 36.5 Å². The Labute approximate surface area is 146 Å². The summed E-state index contributed by atoms with van der Waals surface area (Å²) in [6.07, 6.45) is 6.56. The normalized spacial score (nSPS) is 23.0. The van der Waals surface area contributed by atoms with Gasteiger partial charge in [-0.05, 0) is 32.3 Å². The van der Waals surface area contributed by atoms with Gasteiger partial charge < -0.3 is 10.1 Å². The number of aryl methyl sites for hydroxylation is 2. The summed E-state index contributed by atoms with van der Waals surface area (Å²) >= 11 is 0. The standard InChI is InChI=1S/C18H23N5O2/c1-11-19-10-14(16(22-11)12-3-4-12)18(24)20-9-13-6-8-25-17(13)15-5-7-21-23(15)2/h5,7,10,12-13,17H,3-4,6,8-9H2,1-2H3,(H,20,24)/t13-,17+/m0/s1. The van der Waals surface area contributed by atoms with Crippen LogP contribution in [0.2, 0.25) is 0 Å². The molecule has 2 aliphatic rings. The highest BCUT2D eigenvalue weighted by Crippen LogP contribution is 2.40. The molecule has 25 heavy (non-hydrogen) atoms. The Morgan fingerprint density at radius 3 is 2.96 bits per heavy atom. The SMILES string of the molecule is Cc1ncc(C(=O)NC[C@@H]2CCO[C@H]2c2ccnn2C)c(C2CC2)n1. The Kier molecular flexibility index (Phi) is 4.25. The number of nitrogens with one attached hydrogen (secondary N) is 1. The summed E-state index contributed by atoms with van der Waals surface area (Å²) in [4.78, 5) is 21.4. The first kappa shape index (κ1) is 16.2. The first-order valence-corrected chi connectivity index (χ1v) is 8.84. The molecule has 2 atom stereocenters. The van der Waals surface area contributed by atoms with Crippen LogP contribution in [-0.4, -0.2) is 38.8 Å². The average Bonchev–Trinajstić information content (AvgIpc) is 3.21. The summed E-state index contributed by atoms with van der Waals surface area (Å²) < 4.78 is 7.72. The van der Waals surface area contributed by atoms with Crippen molar-refractivity contribution in [3.63, 3.8) is 0 Å². The van der Waals surface area contributed by atoms with Crippen LogP contribution in [0.15, 0.2) is 18.5 Å². The molecule has 7 heteroatoms. The fourth-order valence-corrected chi connectivity index (χ4v) is 3.48. The highest BCUT2D eigenvalue weighted by Gasteiger charge is 2.33. The van der Waals surface area contributed by atoms with Gasteiger partial charge in [-0.15, -0.1) is 0 Å². The Balaban J connectivity index is 1.44. The lowest BCUT2D eigenvalue weighted by molar-refractivity contribution is 0.0800. The number of nitrogens with zero attached hydrogens (tertiary/aromatic N) is 4. The van der Waals surface area contributed by atoms with Crippen LogP contribution in [0.1, 0.15) is 58.9 Å². The summed E-state index contributed by atoms with van der Waals surface area (Å²) in [7, 11) is 1.91. The van der Waals surface area contributed by atoms with Crippen molar-refractivity contribution in [2.45, 2.75) is 38.2 Å². The summed E-state index contributed by atoms with van der Waals surface area (Å²) in [5.41, 5.74) is 2.56. The highest BCUT2D eigenvalue weighted by atomic mass is 16.5. The van der Waals surface area contributed by atoms with Crippen molar-refractivity contribution < 1.29 is 9.53 Å². The van der Waals surface area contributed by atoms with Crippen molar-refractivity contribution in [2.24, 2.45) is 13.0 Å². The van der Waals surface area contributed by atoms with E-state index < -0.39 is 0 Å². The lowest BCUT2D eigenvalue weighted by Gasteiger charge is -2.19. The third-order valence-electron chi connectivity index (χ3n) is 5.04. The molecule has 0 aromatic carbocycles. The molecule has 2 fully saturated rings. The van der Waals surface area contributed by atoms with Crippen molar-refractivity contribution in [3.05, 3.63) is 41.2 Å². The maximum absolute atomic E-state index is 12.7. The molecule has 1 aliphatic heterocycles. The van der Waals surface area contributed by atoms with Gasteiger partial charge in [0.2, 0.25) is 0 Å². The van der Waals surface area contributed by atoms with Gasteiger partial charge in [-0.2, -0.15) is 5.10 Å². The molecule has 1 saturated heterocycles. The first-order chi connectivity index (χ1) is 12.1. The maximum Gasteiger partial charge on any atom is 0.254 e. The van der Waals surface area contributed by atoms with E-state index in [9.17, 15) is 4.79 Å². The van der Waals surface area contributed by atoms with Crippen molar-refractivity contribution >= 4 is 5.91 Å². The lowest BCUT2D eigenvalue weighted by Crippen LogP contribution is -2.32. The molecule has 2 aromatic heterocycles. The second-order valence-corrected chi connectivity index (χ2v) is 6.92. The van der Waals surface area contributed by atoms with E-state index >= 15 is 0 Å². The van der Waals surface area contributed by atoms with Gasteiger partial charge in [-0.25, -0.2) is 9.97 Å². The number of hydrogen-bond acceptors (Lipinski definition) is 5. The van der Waals surface area contributed by atoms with Crippen LogP contribution in [0, 0.1) is 12.8 Å². The molecule has 2 aromatic rings. The number of carbonyl (C=O) groups is 1. The number of rotatable bonds is 5. The predicted octanol–water partition coefficient (Wildman–Crippen LogP) is 1.90. The maximum atomic E-state index is 12.7. The fraction of sp³-hybridized carbons (Fsp3) is 0.556. The third-order valence-corrected chi connectivity index (χ3v) is 5.04. The van der Waals surface area contributed by atoms with Gasteiger partial charge in [0.05, 0.1) is 17.0 Å². The van der Waals surface area contributed by atoms with E-state index in [1.54, 1.807) is 12.4 Å². The van der Waals surface area contributed by atoms with Crippen LogP contribution in [0.4, 0.5) is 0 Å². The second-order valence-electron chi connectivity index (χ2n) is 6.92. The summed E-state index contributed by atoms with van der Waals surface area (Å²) in [6.45, 7) is 3.14. The second kappa shape index (κ2) is 6.55. The van der Waals surface area contributed by atoms with Gasteiger partial charge in [0.25, 0.3) is 5.91 Å². The van der Waals surface area contributed by atoms with Crippen molar-refractivity contribution in [1.82, 2.24) is 25.1 Å². The van der Waals surface area contributed by atoms with Crippen LogP contribution < -0.4 is 5.32 Å². The lowest BCUT2D eigenvalue weighted by atomic mass is 9.98. The van der Waals surface area contributed by atoms with Crippen LogP contribution in [0.3, 0.4) is 0 Å². The minimum atomic E-state index is -0.0856. The largest absolute Gasteiger partial charge is 0.372 e. The van der Waals surface area contributed by atoms with E-state index in [1.807, 2.05) is 24.7 Å². The van der Waals surface area contributed by atoms with E-state index in [4.69, 9.17) is 4.74 Å². The van der Waals surface area contributed by atoms with Crippen LogP contribution in [0.5, 0.6) is 0 Å². The van der Waals surface area contributed by atoms with Gasteiger partial charge in [-0.1, -0.05) is 0 Å². The van der Waals surface area contributed by atoms with Crippen LogP contribution in [0.25, 0.3) is 0 Å². The number of hydrogen-bond donors (Lipinski definition) is 1. The zero-order valence-corrected chi connectivity index (χ0v) is 14.6. The van der Waals surface area contributed by atoms with Crippen molar-refractivity contribution in [3.8, 4) is 0 Å². The van der Waals surface area contributed by atoms with Gasteiger partial charge >= 0.3 is 0 Å². The summed E-state index contributed by atoms with van der Waals surface area (Å²) in [6, 6.07) is 1.98. The summed E-state index contributed by atoms with van der Waals surface area (Å²) in [5, 5.41) is 7.28. The van der Waals surface area contributed by atoms with E-state index in [0.29, 0.717) is 24.6 Å². The van der Waals surface area contributed by atoms with E-state index in [-0.39, 0.29) is 17.9 Å². The van der Waals surface area contributed by atoms with Gasteiger partial charge in [0, 0.05) is 44.4 Å². The monoisotopic (exact) mass is 341 g/mol. The predicted molar refractivity (Wildman–Crippen MR) is 91.1 cm³/mol. The molecular formula is C18H23N5O2. The molecule has 0 bridgehead atoms. The molecular weight excluding hydrogens is 318 g/mol. The van der Waals surface area contributed by atoms with E-state index in [1.165, 1.54) is 0 Å². The molecule has 3 heterocycles. The molecule has 4 rings (SSSR count). The molecule has 1 aliphatic carbocycles. The average molecular weight is 341 g/mol. The minimum absolute atomic E-state index is 0.0232. The third kappa shape index (κ3) is 3.28. The van der Waals surface area contributed by atoms with Crippen molar-refractivity contribution in [2.75, 3.05) is 13.2 Å². The molecule has 1 amide bonds. The van der Waals surface area contributed by atoms with Crippen LogP contribution in [-0.2, 0) is 11.8 Å². The molecule has 1 N–H and O–H groups in total. The molecule has 7 nitrogen and oxygen atoms in total. The Hall–Kier alpha value is -2.28. The number of aromatic nitrogens is 4. The molecule has 0 radical (unpaired) electrons. The smallest absolute Gasteiger partial charge is 0.254 e. The Morgan fingerprint density at radius 1 is 1.40 bits per heavy atom. The Bertz CT molecular complexity index is 784. The number of amides is 1. The van der Waals surface area contributed by atoms with Gasteiger partial charge in [0.1, 0.15) is 11.9 Å². The quantitative estimate of drug-likeness (QED) is 0.898. The van der Waals surface area contributed by atoms with Crippen LogP contribution >= 0.6 is 0 Å². The topological polar surface area (TPSA) is 81.9 Å². The number of ether oxygens (including phenoxy) is 1. The molecule has 0 unspecified atom stereocenters. The van der Waals surface area contributed by atoms with Gasteiger partial charge in [-0.3, -0.25) is 9.48 Å². The number of carbonyl (C=O) groups excluding carboxylic acids is 1. The molecule has 0 spiro atoms. The highest BCUT2D eigenvalue weighted by molar-refractivity contribution is 5.95. The Morgan fingerprint density at radius 2 is 2.24 bits per heavy atom.